The van der Waals surface area contributed by atoms with Crippen molar-refractivity contribution >= 4 is 5.91 Å². The van der Waals surface area contributed by atoms with Crippen molar-refractivity contribution in [1.82, 2.24) is 25.5 Å². The molecule has 0 spiro atoms. The largest absolute Gasteiger partial charge is 0.315 e. The highest BCUT2D eigenvalue weighted by atomic mass is 16.2. The summed E-state index contributed by atoms with van der Waals surface area (Å²) in [6.07, 6.45) is 5.23. The number of carbonyl (C=O) groups is 1. The molecule has 6 heteroatoms. The zero-order valence-electron chi connectivity index (χ0n) is 10.4. The van der Waals surface area contributed by atoms with Crippen LogP contribution in [-0.2, 0) is 0 Å². The first kappa shape index (κ1) is 11.7. The summed E-state index contributed by atoms with van der Waals surface area (Å²) < 4.78 is 1.93. The molecule has 0 bridgehead atoms. The quantitative estimate of drug-likeness (QED) is 0.783. The maximum Gasteiger partial charge on any atom is 0.288 e. The van der Waals surface area contributed by atoms with Gasteiger partial charge in [0.2, 0.25) is 0 Å². The van der Waals surface area contributed by atoms with Gasteiger partial charge in [-0.15, -0.1) is 0 Å². The molecule has 1 aromatic rings. The molecule has 3 rings (SSSR count). The highest BCUT2D eigenvalue weighted by molar-refractivity contribution is 5.91. The van der Waals surface area contributed by atoms with Gasteiger partial charge in [-0.25, -0.2) is 5.43 Å². The van der Waals surface area contributed by atoms with E-state index in [0.29, 0.717) is 11.7 Å². The van der Waals surface area contributed by atoms with Crippen LogP contribution in [0.2, 0.25) is 0 Å². The van der Waals surface area contributed by atoms with E-state index in [-0.39, 0.29) is 5.91 Å². The Bertz CT molecular complexity index is 418. The Morgan fingerprint density at radius 3 is 3.06 bits per heavy atom. The van der Waals surface area contributed by atoms with Crippen LogP contribution in [0.15, 0.2) is 12.3 Å². The van der Waals surface area contributed by atoms with Crippen LogP contribution in [0.1, 0.15) is 35.8 Å². The molecule has 0 radical (unpaired) electrons. The predicted octanol–water partition coefficient (Wildman–Crippen LogP) is 0.158. The number of amides is 1. The van der Waals surface area contributed by atoms with Gasteiger partial charge in [0.05, 0.1) is 6.04 Å². The van der Waals surface area contributed by atoms with Gasteiger partial charge < -0.3 is 5.32 Å². The third-order valence-corrected chi connectivity index (χ3v) is 3.58. The molecule has 18 heavy (non-hydrogen) atoms. The minimum atomic E-state index is -0.0185. The van der Waals surface area contributed by atoms with Crippen molar-refractivity contribution < 1.29 is 4.79 Å². The molecule has 0 aliphatic carbocycles. The van der Waals surface area contributed by atoms with E-state index in [0.717, 1.165) is 39.0 Å². The molecule has 1 amide bonds. The van der Waals surface area contributed by atoms with E-state index < -0.39 is 0 Å². The van der Waals surface area contributed by atoms with Crippen molar-refractivity contribution in [2.24, 2.45) is 0 Å². The lowest BCUT2D eigenvalue weighted by atomic mass is 10.1. The lowest BCUT2D eigenvalue weighted by Crippen LogP contribution is -2.37. The fraction of sp³-hybridized carbons (Fsp3) is 0.667. The second-order valence-electron chi connectivity index (χ2n) is 4.90. The van der Waals surface area contributed by atoms with Crippen molar-refractivity contribution in [3.8, 4) is 0 Å². The zero-order chi connectivity index (χ0) is 12.4. The number of aromatic nitrogens is 2. The van der Waals surface area contributed by atoms with Gasteiger partial charge in [0.25, 0.3) is 5.91 Å². The molecule has 0 saturated carbocycles. The lowest BCUT2D eigenvalue weighted by Gasteiger charge is -2.23. The van der Waals surface area contributed by atoms with E-state index in [1.54, 1.807) is 5.01 Å². The Labute approximate surface area is 106 Å². The van der Waals surface area contributed by atoms with Crippen LogP contribution in [0.4, 0.5) is 0 Å². The topological polar surface area (TPSA) is 62.2 Å². The van der Waals surface area contributed by atoms with Crippen molar-refractivity contribution in [3.63, 3.8) is 0 Å². The number of hydrogen-bond donors (Lipinski definition) is 2. The number of carbonyl (C=O) groups excluding carboxylic acids is 1. The summed E-state index contributed by atoms with van der Waals surface area (Å²) >= 11 is 0. The molecule has 2 aliphatic heterocycles. The number of hydrogen-bond acceptors (Lipinski definition) is 4. The summed E-state index contributed by atoms with van der Waals surface area (Å²) in [6.45, 7) is 3.67. The van der Waals surface area contributed by atoms with Gasteiger partial charge in [-0.2, -0.15) is 5.10 Å². The highest BCUT2D eigenvalue weighted by Crippen LogP contribution is 2.16. The molecular formula is C12H19N5O. The van der Waals surface area contributed by atoms with Gasteiger partial charge in [-0.3, -0.25) is 14.5 Å². The first-order valence-electron chi connectivity index (χ1n) is 6.66. The average molecular weight is 249 g/mol. The predicted molar refractivity (Wildman–Crippen MR) is 67.0 cm³/mol. The minimum Gasteiger partial charge on any atom is -0.315 e. The van der Waals surface area contributed by atoms with Crippen LogP contribution >= 0.6 is 0 Å². The Morgan fingerprint density at radius 1 is 1.39 bits per heavy atom. The van der Waals surface area contributed by atoms with E-state index in [1.165, 1.54) is 6.42 Å². The van der Waals surface area contributed by atoms with Crippen LogP contribution in [0.3, 0.4) is 0 Å². The fourth-order valence-electron chi connectivity index (χ4n) is 2.56. The number of piperidine rings is 1. The van der Waals surface area contributed by atoms with E-state index in [1.807, 2.05) is 16.9 Å². The fourth-order valence-corrected chi connectivity index (χ4v) is 2.56. The smallest absolute Gasteiger partial charge is 0.288 e. The van der Waals surface area contributed by atoms with Gasteiger partial charge >= 0.3 is 0 Å². The Kier molecular flexibility index (Phi) is 3.29. The van der Waals surface area contributed by atoms with E-state index in [4.69, 9.17) is 0 Å². The van der Waals surface area contributed by atoms with Gasteiger partial charge in [0, 0.05) is 25.8 Å². The molecule has 3 heterocycles. The third-order valence-electron chi connectivity index (χ3n) is 3.58. The lowest BCUT2D eigenvalue weighted by molar-refractivity contribution is 0.0718. The Balaban J connectivity index is 1.70. The van der Waals surface area contributed by atoms with Crippen molar-refractivity contribution in [2.45, 2.75) is 25.3 Å². The van der Waals surface area contributed by atoms with E-state index in [2.05, 4.69) is 15.8 Å². The molecule has 1 atom stereocenters. The van der Waals surface area contributed by atoms with Gasteiger partial charge in [-0.1, -0.05) is 0 Å². The highest BCUT2D eigenvalue weighted by Gasteiger charge is 2.23. The number of nitrogens with zero attached hydrogens (tertiary/aromatic N) is 3. The van der Waals surface area contributed by atoms with Gasteiger partial charge in [0.1, 0.15) is 0 Å². The number of nitrogens with one attached hydrogen (secondary N) is 2. The molecule has 1 unspecified atom stereocenters. The monoisotopic (exact) mass is 249 g/mol. The van der Waals surface area contributed by atoms with Crippen molar-refractivity contribution in [1.29, 1.82) is 0 Å². The first-order valence-corrected chi connectivity index (χ1v) is 6.66. The summed E-state index contributed by atoms with van der Waals surface area (Å²) in [7, 11) is 0. The molecule has 2 N–H and O–H groups in total. The SMILES string of the molecule is O=C(c1ccn(C2CCCNC2)n1)N1CCCN1. The van der Waals surface area contributed by atoms with Crippen LogP contribution < -0.4 is 10.7 Å². The van der Waals surface area contributed by atoms with Crippen LogP contribution in [-0.4, -0.2) is 46.9 Å². The molecule has 2 fully saturated rings. The maximum atomic E-state index is 12.1. The second kappa shape index (κ2) is 5.07. The third kappa shape index (κ3) is 2.26. The van der Waals surface area contributed by atoms with Crippen molar-refractivity contribution in [3.05, 3.63) is 18.0 Å². The average Bonchev–Trinajstić information content (AvgIpc) is 3.10. The van der Waals surface area contributed by atoms with Crippen LogP contribution in [0.5, 0.6) is 0 Å². The van der Waals surface area contributed by atoms with Gasteiger partial charge in [0.15, 0.2) is 5.69 Å². The summed E-state index contributed by atoms with van der Waals surface area (Å²) in [4.78, 5) is 12.1. The molecular weight excluding hydrogens is 230 g/mol. The van der Waals surface area contributed by atoms with E-state index >= 15 is 0 Å². The molecule has 1 aromatic heterocycles. The first-order chi connectivity index (χ1) is 8.84. The van der Waals surface area contributed by atoms with Crippen molar-refractivity contribution in [2.75, 3.05) is 26.2 Å². The molecule has 98 valence electrons. The summed E-state index contributed by atoms with van der Waals surface area (Å²) in [5.41, 5.74) is 3.60. The minimum absolute atomic E-state index is 0.0185. The van der Waals surface area contributed by atoms with Gasteiger partial charge in [-0.05, 0) is 31.9 Å². The molecule has 2 saturated heterocycles. The maximum absolute atomic E-state index is 12.1. The molecule has 2 aliphatic rings. The zero-order valence-corrected chi connectivity index (χ0v) is 10.4. The summed E-state index contributed by atoms with van der Waals surface area (Å²) in [5, 5.41) is 9.44. The molecule has 0 aromatic carbocycles. The number of hydrazine groups is 1. The summed E-state index contributed by atoms with van der Waals surface area (Å²) in [5.74, 6) is -0.0185. The number of rotatable bonds is 2. The standard InChI is InChI=1S/C12H19N5O/c18-12(17-7-2-6-14-17)11-4-8-16(15-11)10-3-1-5-13-9-10/h4,8,10,13-14H,1-3,5-7,9H2. The normalized spacial score (nSPS) is 24.4. The van der Waals surface area contributed by atoms with Crippen LogP contribution in [0, 0.1) is 0 Å². The van der Waals surface area contributed by atoms with E-state index in [9.17, 15) is 4.79 Å². The molecule has 6 nitrogen and oxygen atoms in total. The Hall–Kier alpha value is -1.40. The Morgan fingerprint density at radius 2 is 2.33 bits per heavy atom. The second-order valence-corrected chi connectivity index (χ2v) is 4.90. The van der Waals surface area contributed by atoms with Crippen LogP contribution in [0.25, 0.3) is 0 Å². The summed E-state index contributed by atoms with van der Waals surface area (Å²) in [6, 6.07) is 2.20.